The summed E-state index contributed by atoms with van der Waals surface area (Å²) in [4.78, 5) is 8.67. The van der Waals surface area contributed by atoms with Gasteiger partial charge in [-0.05, 0) is 17.7 Å². The van der Waals surface area contributed by atoms with E-state index in [0.717, 1.165) is 22.4 Å². The third-order valence-corrected chi connectivity index (χ3v) is 3.84. The van der Waals surface area contributed by atoms with Crippen LogP contribution in [0.1, 0.15) is 5.56 Å². The second-order valence-corrected chi connectivity index (χ2v) is 5.53. The Kier molecular flexibility index (Phi) is 4.14. The molecule has 0 atom stereocenters. The van der Waals surface area contributed by atoms with E-state index in [-0.39, 0.29) is 5.82 Å². The summed E-state index contributed by atoms with van der Waals surface area (Å²) in [6, 6.07) is 13.3. The van der Waals surface area contributed by atoms with E-state index in [9.17, 15) is 0 Å². The van der Waals surface area contributed by atoms with Gasteiger partial charge in [0.1, 0.15) is 5.82 Å². The maximum absolute atomic E-state index is 6.20. The number of aromatic nitrogens is 2. The van der Waals surface area contributed by atoms with Gasteiger partial charge >= 0.3 is 0 Å². The summed E-state index contributed by atoms with van der Waals surface area (Å²) in [5, 5.41) is 0.467. The van der Waals surface area contributed by atoms with Crippen LogP contribution in [-0.2, 0) is 6.54 Å². The van der Waals surface area contributed by atoms with Crippen LogP contribution in [0.25, 0.3) is 22.5 Å². The van der Waals surface area contributed by atoms with Crippen molar-refractivity contribution in [3.63, 3.8) is 0 Å². The van der Waals surface area contributed by atoms with E-state index < -0.39 is 0 Å². The lowest BCUT2D eigenvalue weighted by atomic mass is 10.1. The number of nitrogen functional groups attached to an aromatic ring is 2. The largest absolute Gasteiger partial charge is 0.396 e. The number of pyridine rings is 2. The fourth-order valence-corrected chi connectivity index (χ4v) is 2.50. The lowest BCUT2D eigenvalue weighted by molar-refractivity contribution is 1.05. The van der Waals surface area contributed by atoms with Gasteiger partial charge < -0.3 is 17.2 Å². The first-order valence-electron chi connectivity index (χ1n) is 7.06. The fraction of sp³-hybridized carbons (Fsp3) is 0.0588. The van der Waals surface area contributed by atoms with Crippen molar-refractivity contribution in [2.45, 2.75) is 6.54 Å². The van der Waals surface area contributed by atoms with E-state index in [2.05, 4.69) is 9.97 Å². The van der Waals surface area contributed by atoms with Gasteiger partial charge in [0.05, 0.1) is 22.1 Å². The minimum Gasteiger partial charge on any atom is -0.396 e. The van der Waals surface area contributed by atoms with Crippen molar-refractivity contribution in [1.82, 2.24) is 9.97 Å². The highest BCUT2D eigenvalue weighted by Crippen LogP contribution is 2.31. The van der Waals surface area contributed by atoms with E-state index in [1.807, 2.05) is 36.4 Å². The van der Waals surface area contributed by atoms with Gasteiger partial charge in [-0.15, -0.1) is 0 Å². The van der Waals surface area contributed by atoms with Crippen LogP contribution in [0, 0.1) is 0 Å². The number of nitrogens with zero attached hydrogens (tertiary/aromatic N) is 2. The second-order valence-electron chi connectivity index (χ2n) is 5.13. The molecule has 0 spiro atoms. The fourth-order valence-electron chi connectivity index (χ4n) is 2.23. The molecule has 116 valence electrons. The summed E-state index contributed by atoms with van der Waals surface area (Å²) in [6.07, 6.45) is 1.78. The van der Waals surface area contributed by atoms with Gasteiger partial charge in [0.2, 0.25) is 0 Å². The highest BCUT2D eigenvalue weighted by Gasteiger charge is 2.09. The van der Waals surface area contributed by atoms with Crippen LogP contribution in [-0.4, -0.2) is 9.97 Å². The third kappa shape index (κ3) is 3.11. The van der Waals surface area contributed by atoms with Crippen LogP contribution in [0.15, 0.2) is 48.7 Å². The van der Waals surface area contributed by atoms with Crippen LogP contribution >= 0.6 is 11.6 Å². The molecule has 5 nitrogen and oxygen atoms in total. The molecule has 0 amide bonds. The smallest absolute Gasteiger partial charge is 0.147 e. The van der Waals surface area contributed by atoms with Crippen LogP contribution in [0.2, 0.25) is 5.02 Å². The number of nitrogens with two attached hydrogens (primary N) is 3. The molecule has 6 heteroatoms. The Morgan fingerprint density at radius 1 is 0.957 bits per heavy atom. The molecule has 2 aromatic heterocycles. The van der Waals surface area contributed by atoms with Crippen molar-refractivity contribution in [1.29, 1.82) is 0 Å². The summed E-state index contributed by atoms with van der Waals surface area (Å²) < 4.78 is 0. The molecular weight excluding hydrogens is 310 g/mol. The van der Waals surface area contributed by atoms with Crippen molar-refractivity contribution in [3.8, 4) is 22.5 Å². The van der Waals surface area contributed by atoms with E-state index >= 15 is 0 Å². The number of anilines is 2. The van der Waals surface area contributed by atoms with E-state index in [4.69, 9.17) is 28.8 Å². The standard InChI is InChI=1S/C17H16ClN5/c18-13-7-14(20)17(21)23-16(13)12-4-2-11(3-5-12)15-6-1-10(8-19)9-22-15/h1-7,9H,8,19-20H2,(H2,21,23). The summed E-state index contributed by atoms with van der Waals surface area (Å²) in [5.74, 6) is 0.271. The van der Waals surface area contributed by atoms with Gasteiger partial charge in [-0.3, -0.25) is 4.98 Å². The van der Waals surface area contributed by atoms with Gasteiger partial charge in [-0.1, -0.05) is 41.9 Å². The van der Waals surface area contributed by atoms with E-state index in [0.29, 0.717) is 22.9 Å². The minimum atomic E-state index is 0.271. The normalized spacial score (nSPS) is 10.7. The Balaban J connectivity index is 1.94. The molecule has 6 N–H and O–H groups in total. The molecule has 0 aliphatic carbocycles. The summed E-state index contributed by atoms with van der Waals surface area (Å²) >= 11 is 6.20. The van der Waals surface area contributed by atoms with Crippen LogP contribution in [0.4, 0.5) is 11.5 Å². The molecule has 3 aromatic rings. The molecule has 0 fully saturated rings. The number of halogens is 1. The molecule has 2 heterocycles. The molecule has 23 heavy (non-hydrogen) atoms. The molecule has 1 aromatic carbocycles. The predicted octanol–water partition coefficient (Wildman–Crippen LogP) is 3.09. The van der Waals surface area contributed by atoms with E-state index in [1.165, 1.54) is 0 Å². The van der Waals surface area contributed by atoms with Crippen molar-refractivity contribution < 1.29 is 0 Å². The zero-order chi connectivity index (χ0) is 16.4. The van der Waals surface area contributed by atoms with Crippen molar-refractivity contribution in [2.24, 2.45) is 5.73 Å². The third-order valence-electron chi connectivity index (χ3n) is 3.55. The topological polar surface area (TPSA) is 104 Å². The van der Waals surface area contributed by atoms with Gasteiger partial charge in [-0.2, -0.15) is 0 Å². The first-order chi connectivity index (χ1) is 11.1. The maximum Gasteiger partial charge on any atom is 0.147 e. The van der Waals surface area contributed by atoms with Gasteiger partial charge in [0.15, 0.2) is 0 Å². The molecule has 0 aliphatic heterocycles. The Hall–Kier alpha value is -2.63. The molecule has 0 saturated carbocycles. The van der Waals surface area contributed by atoms with Crippen LogP contribution in [0.5, 0.6) is 0 Å². The molecule has 3 rings (SSSR count). The highest BCUT2D eigenvalue weighted by atomic mass is 35.5. The molecule has 0 saturated heterocycles. The average molecular weight is 326 g/mol. The Morgan fingerprint density at radius 2 is 1.65 bits per heavy atom. The SMILES string of the molecule is NCc1ccc(-c2ccc(-c3nc(N)c(N)cc3Cl)cc2)nc1. The quantitative estimate of drug-likeness (QED) is 0.686. The highest BCUT2D eigenvalue weighted by molar-refractivity contribution is 6.33. The van der Waals surface area contributed by atoms with E-state index in [1.54, 1.807) is 12.3 Å². The number of rotatable bonds is 3. The monoisotopic (exact) mass is 325 g/mol. The zero-order valence-corrected chi connectivity index (χ0v) is 13.1. The maximum atomic E-state index is 6.20. The van der Waals surface area contributed by atoms with Crippen molar-refractivity contribution >= 4 is 23.1 Å². The molecule has 0 radical (unpaired) electrons. The second kappa shape index (κ2) is 6.24. The molecule has 0 unspecified atom stereocenters. The molecule has 0 aliphatic rings. The van der Waals surface area contributed by atoms with Crippen LogP contribution in [0.3, 0.4) is 0 Å². The molecular formula is C17H16ClN5. The van der Waals surface area contributed by atoms with Gasteiger partial charge in [-0.25, -0.2) is 4.98 Å². The van der Waals surface area contributed by atoms with Gasteiger partial charge in [0, 0.05) is 23.9 Å². The first-order valence-corrected chi connectivity index (χ1v) is 7.43. The Morgan fingerprint density at radius 3 is 2.26 bits per heavy atom. The predicted molar refractivity (Wildman–Crippen MR) is 94.6 cm³/mol. The summed E-state index contributed by atoms with van der Waals surface area (Å²) in [5.41, 5.74) is 21.8. The minimum absolute atomic E-state index is 0.271. The summed E-state index contributed by atoms with van der Waals surface area (Å²) in [7, 11) is 0. The lowest BCUT2D eigenvalue weighted by Gasteiger charge is -2.08. The average Bonchev–Trinajstić information content (AvgIpc) is 2.58. The zero-order valence-electron chi connectivity index (χ0n) is 12.3. The Bertz CT molecular complexity index is 829. The number of benzene rings is 1. The van der Waals surface area contributed by atoms with Gasteiger partial charge in [0.25, 0.3) is 0 Å². The van der Waals surface area contributed by atoms with Crippen molar-refractivity contribution in [3.05, 3.63) is 59.2 Å². The van der Waals surface area contributed by atoms with Crippen molar-refractivity contribution in [2.75, 3.05) is 11.5 Å². The molecule has 0 bridgehead atoms. The summed E-state index contributed by atoms with van der Waals surface area (Å²) in [6.45, 7) is 0.481. The first kappa shape index (κ1) is 15.3. The Labute approximate surface area is 139 Å². The van der Waals surface area contributed by atoms with Crippen LogP contribution < -0.4 is 17.2 Å². The number of hydrogen-bond donors (Lipinski definition) is 3. The number of hydrogen-bond acceptors (Lipinski definition) is 5. The lowest BCUT2D eigenvalue weighted by Crippen LogP contribution is -1.99.